The van der Waals surface area contributed by atoms with Crippen molar-refractivity contribution in [2.45, 2.75) is 13.8 Å². The summed E-state index contributed by atoms with van der Waals surface area (Å²) < 4.78 is 9.35. The molecule has 0 aliphatic rings. The van der Waals surface area contributed by atoms with E-state index in [2.05, 4.69) is 4.74 Å². The molecule has 0 amide bonds. The molecule has 0 aromatic carbocycles. The van der Waals surface area contributed by atoms with Crippen molar-refractivity contribution in [3.8, 4) is 6.07 Å². The Morgan fingerprint density at radius 3 is 2.50 bits per heavy atom. The molecule has 0 unspecified atom stereocenters. The van der Waals surface area contributed by atoms with Crippen LogP contribution in [-0.2, 0) is 14.3 Å². The Bertz CT molecular complexity index is 237. The van der Waals surface area contributed by atoms with E-state index in [1.54, 1.807) is 13.0 Å². The van der Waals surface area contributed by atoms with Crippen LogP contribution in [0.3, 0.4) is 0 Å². The fourth-order valence-corrected chi connectivity index (χ4v) is 0.573. The van der Waals surface area contributed by atoms with E-state index in [1.807, 2.05) is 0 Å². The van der Waals surface area contributed by atoms with Gasteiger partial charge in [-0.1, -0.05) is 0 Å². The van der Waals surface area contributed by atoms with Crippen molar-refractivity contribution >= 4 is 5.97 Å². The molecule has 0 heterocycles. The van der Waals surface area contributed by atoms with Crippen molar-refractivity contribution < 1.29 is 14.3 Å². The minimum Gasteiger partial charge on any atom is -0.500 e. The third kappa shape index (κ3) is 2.62. The van der Waals surface area contributed by atoms with Gasteiger partial charge in [-0.2, -0.15) is 5.26 Å². The summed E-state index contributed by atoms with van der Waals surface area (Å²) in [4.78, 5) is 11.0. The van der Waals surface area contributed by atoms with Gasteiger partial charge in [0.2, 0.25) is 0 Å². The van der Waals surface area contributed by atoms with Gasteiger partial charge in [0.15, 0.2) is 5.57 Å². The molecular formula is C8H11NO3. The summed E-state index contributed by atoms with van der Waals surface area (Å²) in [5, 5.41) is 8.54. The van der Waals surface area contributed by atoms with Gasteiger partial charge in [-0.25, -0.2) is 4.79 Å². The Hall–Kier alpha value is -1.50. The number of rotatable bonds is 3. The predicted molar refractivity (Wildman–Crippen MR) is 42.0 cm³/mol. The molecule has 0 saturated heterocycles. The Morgan fingerprint density at radius 1 is 1.58 bits per heavy atom. The molecule has 0 aromatic rings. The number of nitriles is 1. The molecular weight excluding hydrogens is 158 g/mol. The zero-order valence-corrected chi connectivity index (χ0v) is 7.38. The Morgan fingerprint density at radius 2 is 2.17 bits per heavy atom. The van der Waals surface area contributed by atoms with Crippen molar-refractivity contribution in [1.29, 1.82) is 5.26 Å². The molecule has 0 atom stereocenters. The van der Waals surface area contributed by atoms with Crippen LogP contribution in [0, 0.1) is 11.3 Å². The molecule has 4 nitrogen and oxygen atoms in total. The molecule has 4 heteroatoms. The molecule has 0 spiro atoms. The van der Waals surface area contributed by atoms with Crippen LogP contribution in [-0.4, -0.2) is 19.7 Å². The standard InChI is InChI=1S/C8H11NO3/c1-4-12-8(10)7(5-9)6(2)11-3/h4H2,1-3H3. The minimum atomic E-state index is -0.639. The summed E-state index contributed by atoms with van der Waals surface area (Å²) in [5.41, 5.74) is -0.0839. The molecule has 12 heavy (non-hydrogen) atoms. The van der Waals surface area contributed by atoms with Crippen LogP contribution >= 0.6 is 0 Å². The average molecular weight is 169 g/mol. The highest BCUT2D eigenvalue weighted by Crippen LogP contribution is 2.05. The van der Waals surface area contributed by atoms with Crippen LogP contribution in [0.5, 0.6) is 0 Å². The summed E-state index contributed by atoms with van der Waals surface area (Å²) in [5.74, 6) is -0.365. The summed E-state index contributed by atoms with van der Waals surface area (Å²) in [6.45, 7) is 3.46. The van der Waals surface area contributed by atoms with Crippen LogP contribution in [0.1, 0.15) is 13.8 Å². The summed E-state index contributed by atoms with van der Waals surface area (Å²) >= 11 is 0. The molecule has 0 radical (unpaired) electrons. The number of ether oxygens (including phenoxy) is 2. The second kappa shape index (κ2) is 5.19. The van der Waals surface area contributed by atoms with Gasteiger partial charge in [0.1, 0.15) is 11.8 Å². The number of carbonyl (C=O) groups is 1. The van der Waals surface area contributed by atoms with Gasteiger partial charge in [0.25, 0.3) is 0 Å². The van der Waals surface area contributed by atoms with Gasteiger partial charge in [-0.05, 0) is 13.8 Å². The Labute approximate surface area is 71.4 Å². The van der Waals surface area contributed by atoms with Crippen molar-refractivity contribution in [1.82, 2.24) is 0 Å². The van der Waals surface area contributed by atoms with Gasteiger partial charge < -0.3 is 9.47 Å². The number of methoxy groups -OCH3 is 1. The summed E-state index contributed by atoms with van der Waals surface area (Å²) in [6, 6.07) is 1.72. The van der Waals surface area contributed by atoms with Gasteiger partial charge in [-0.15, -0.1) is 0 Å². The third-order valence-corrected chi connectivity index (χ3v) is 1.25. The number of esters is 1. The first-order valence-corrected chi connectivity index (χ1v) is 3.49. The van der Waals surface area contributed by atoms with E-state index in [9.17, 15) is 4.79 Å². The molecule has 0 rings (SSSR count). The summed E-state index contributed by atoms with van der Waals surface area (Å²) in [6.07, 6.45) is 0. The number of nitrogens with zero attached hydrogens (tertiary/aromatic N) is 1. The number of carbonyl (C=O) groups excluding carboxylic acids is 1. The fourth-order valence-electron chi connectivity index (χ4n) is 0.573. The second-order valence-electron chi connectivity index (χ2n) is 1.97. The van der Waals surface area contributed by atoms with Crippen molar-refractivity contribution in [3.05, 3.63) is 11.3 Å². The zero-order valence-electron chi connectivity index (χ0n) is 7.38. The quantitative estimate of drug-likeness (QED) is 0.273. The average Bonchev–Trinajstić information content (AvgIpc) is 2.06. The molecule has 66 valence electrons. The highest BCUT2D eigenvalue weighted by molar-refractivity contribution is 5.93. The van der Waals surface area contributed by atoms with Crippen molar-refractivity contribution in [2.75, 3.05) is 13.7 Å². The maximum absolute atomic E-state index is 11.0. The lowest BCUT2D eigenvalue weighted by Crippen LogP contribution is -2.08. The van der Waals surface area contributed by atoms with Crippen LogP contribution in [0.15, 0.2) is 11.3 Å². The lowest BCUT2D eigenvalue weighted by Gasteiger charge is -2.02. The third-order valence-electron chi connectivity index (χ3n) is 1.25. The van der Waals surface area contributed by atoms with Crippen LogP contribution in [0.25, 0.3) is 0 Å². The van der Waals surface area contributed by atoms with Crippen LogP contribution < -0.4 is 0 Å². The molecule has 0 fully saturated rings. The molecule has 0 N–H and O–H groups in total. The molecule has 0 saturated carbocycles. The second-order valence-corrected chi connectivity index (χ2v) is 1.97. The fraction of sp³-hybridized carbons (Fsp3) is 0.500. The topological polar surface area (TPSA) is 59.3 Å². The first-order valence-electron chi connectivity index (χ1n) is 3.49. The van der Waals surface area contributed by atoms with E-state index in [1.165, 1.54) is 14.0 Å². The molecule has 0 aliphatic carbocycles. The monoisotopic (exact) mass is 169 g/mol. The van der Waals surface area contributed by atoms with Crippen LogP contribution in [0.2, 0.25) is 0 Å². The first kappa shape index (κ1) is 10.5. The van der Waals surface area contributed by atoms with Gasteiger partial charge >= 0.3 is 5.97 Å². The van der Waals surface area contributed by atoms with E-state index < -0.39 is 5.97 Å². The van der Waals surface area contributed by atoms with Gasteiger partial charge in [-0.3, -0.25) is 0 Å². The van der Waals surface area contributed by atoms with Crippen LogP contribution in [0.4, 0.5) is 0 Å². The summed E-state index contributed by atoms with van der Waals surface area (Å²) in [7, 11) is 1.39. The zero-order chi connectivity index (χ0) is 9.56. The number of hydrogen-bond acceptors (Lipinski definition) is 4. The Kier molecular flexibility index (Phi) is 4.54. The van der Waals surface area contributed by atoms with E-state index in [0.717, 1.165) is 0 Å². The molecule has 0 aromatic heterocycles. The van der Waals surface area contributed by atoms with Crippen molar-refractivity contribution in [2.24, 2.45) is 0 Å². The van der Waals surface area contributed by atoms with E-state index in [0.29, 0.717) is 0 Å². The van der Waals surface area contributed by atoms with E-state index in [4.69, 9.17) is 10.00 Å². The highest BCUT2D eigenvalue weighted by Gasteiger charge is 2.13. The predicted octanol–water partition coefficient (Wildman–Crippen LogP) is 0.993. The minimum absolute atomic E-state index is 0.0839. The molecule has 0 bridgehead atoms. The maximum Gasteiger partial charge on any atom is 0.352 e. The molecule has 0 aliphatic heterocycles. The highest BCUT2D eigenvalue weighted by atomic mass is 16.5. The van der Waals surface area contributed by atoms with E-state index >= 15 is 0 Å². The smallest absolute Gasteiger partial charge is 0.352 e. The largest absolute Gasteiger partial charge is 0.500 e. The lowest BCUT2D eigenvalue weighted by atomic mass is 10.2. The van der Waals surface area contributed by atoms with Crippen molar-refractivity contribution in [3.63, 3.8) is 0 Å². The van der Waals surface area contributed by atoms with Gasteiger partial charge in [0.05, 0.1) is 13.7 Å². The number of allylic oxidation sites excluding steroid dienone is 1. The van der Waals surface area contributed by atoms with Gasteiger partial charge in [0, 0.05) is 0 Å². The lowest BCUT2D eigenvalue weighted by molar-refractivity contribution is -0.138. The normalized spacial score (nSPS) is 11.2. The van der Waals surface area contributed by atoms with E-state index in [-0.39, 0.29) is 17.9 Å². The number of hydrogen-bond donors (Lipinski definition) is 0. The SMILES string of the molecule is CCOC(=O)C(C#N)=C(C)OC. The maximum atomic E-state index is 11.0. The first-order chi connectivity index (χ1) is 5.67. The Balaban J connectivity index is 4.59.